The van der Waals surface area contributed by atoms with Crippen molar-refractivity contribution in [3.05, 3.63) is 11.7 Å². The summed E-state index contributed by atoms with van der Waals surface area (Å²) in [6.45, 7) is 1.70. The second-order valence-electron chi connectivity index (χ2n) is 3.25. The van der Waals surface area contributed by atoms with Gasteiger partial charge in [0.2, 0.25) is 11.8 Å². The van der Waals surface area contributed by atoms with E-state index >= 15 is 0 Å². The fraction of sp³-hybridized carbons (Fsp3) is 0.625. The Balaban J connectivity index is 1.85. The van der Waals surface area contributed by atoms with Crippen LogP contribution in [0.15, 0.2) is 4.52 Å². The van der Waals surface area contributed by atoms with E-state index in [1.807, 2.05) is 0 Å². The highest BCUT2D eigenvalue weighted by molar-refractivity contribution is 5.78. The van der Waals surface area contributed by atoms with Gasteiger partial charge in [-0.25, -0.2) is 0 Å². The van der Waals surface area contributed by atoms with Crippen LogP contribution in [-0.2, 0) is 11.2 Å². The average Bonchev–Trinajstić information content (AvgIpc) is 2.76. The first-order valence-corrected chi connectivity index (χ1v) is 4.32. The van der Waals surface area contributed by atoms with Crippen LogP contribution in [0.1, 0.15) is 24.6 Å². The molecule has 0 radical (unpaired) electrons. The van der Waals surface area contributed by atoms with Gasteiger partial charge in [0, 0.05) is 13.0 Å². The van der Waals surface area contributed by atoms with Gasteiger partial charge in [-0.2, -0.15) is 4.98 Å². The zero-order chi connectivity index (χ0) is 9.26. The molecule has 0 spiro atoms. The molecule has 0 aromatic carbocycles. The lowest BCUT2D eigenvalue weighted by atomic mass is 10.4. The minimum Gasteiger partial charge on any atom is -0.353 e. The minimum atomic E-state index is -0.0247. The Bertz CT molecular complexity index is 317. The number of nitrogens with zero attached hydrogens (tertiary/aromatic N) is 2. The van der Waals surface area contributed by atoms with Gasteiger partial charge in [0.1, 0.15) is 0 Å². The maximum Gasteiger partial charge on any atom is 0.228 e. The van der Waals surface area contributed by atoms with E-state index in [9.17, 15) is 4.79 Å². The van der Waals surface area contributed by atoms with Crippen LogP contribution in [-0.4, -0.2) is 22.1 Å². The number of hydrogen-bond acceptors (Lipinski definition) is 4. The molecule has 13 heavy (non-hydrogen) atoms. The van der Waals surface area contributed by atoms with Crippen molar-refractivity contribution >= 4 is 5.91 Å². The van der Waals surface area contributed by atoms with E-state index in [1.165, 1.54) is 0 Å². The van der Waals surface area contributed by atoms with Crippen molar-refractivity contribution in [3.8, 4) is 0 Å². The molecule has 5 nitrogen and oxygen atoms in total. The van der Waals surface area contributed by atoms with Crippen molar-refractivity contribution in [2.75, 3.05) is 0 Å². The van der Waals surface area contributed by atoms with Crippen molar-refractivity contribution in [1.82, 2.24) is 15.5 Å². The average molecular weight is 181 g/mol. The zero-order valence-electron chi connectivity index (χ0n) is 7.41. The van der Waals surface area contributed by atoms with Crippen LogP contribution in [0.4, 0.5) is 0 Å². The molecule has 5 heteroatoms. The van der Waals surface area contributed by atoms with Crippen LogP contribution < -0.4 is 5.32 Å². The first-order chi connectivity index (χ1) is 6.24. The van der Waals surface area contributed by atoms with E-state index in [0.717, 1.165) is 12.8 Å². The van der Waals surface area contributed by atoms with E-state index in [2.05, 4.69) is 15.5 Å². The molecule has 1 amide bonds. The topological polar surface area (TPSA) is 68.0 Å². The van der Waals surface area contributed by atoms with E-state index in [-0.39, 0.29) is 12.3 Å². The van der Waals surface area contributed by atoms with Crippen LogP contribution in [0.25, 0.3) is 0 Å². The molecular formula is C8H11N3O2. The van der Waals surface area contributed by atoms with Crippen molar-refractivity contribution in [3.63, 3.8) is 0 Å². The van der Waals surface area contributed by atoms with E-state index in [0.29, 0.717) is 17.8 Å². The molecule has 1 fully saturated rings. The molecular weight excluding hydrogens is 170 g/mol. The molecule has 0 saturated heterocycles. The van der Waals surface area contributed by atoms with Crippen molar-refractivity contribution in [2.45, 2.75) is 32.2 Å². The Morgan fingerprint density at radius 2 is 2.46 bits per heavy atom. The maximum atomic E-state index is 11.2. The summed E-state index contributed by atoms with van der Waals surface area (Å²) in [4.78, 5) is 15.2. The van der Waals surface area contributed by atoms with E-state index in [1.54, 1.807) is 6.92 Å². The maximum absolute atomic E-state index is 11.2. The van der Waals surface area contributed by atoms with Crippen LogP contribution in [0, 0.1) is 6.92 Å². The lowest BCUT2D eigenvalue weighted by Crippen LogP contribution is -2.27. The lowest BCUT2D eigenvalue weighted by Gasteiger charge is -1.98. The highest BCUT2D eigenvalue weighted by atomic mass is 16.5. The summed E-state index contributed by atoms with van der Waals surface area (Å²) in [6.07, 6.45) is 2.40. The molecule has 1 aliphatic rings. The third kappa shape index (κ3) is 2.27. The second kappa shape index (κ2) is 3.16. The Morgan fingerprint density at radius 1 is 1.69 bits per heavy atom. The molecule has 0 unspecified atom stereocenters. The molecule has 1 saturated carbocycles. The molecule has 0 aliphatic heterocycles. The van der Waals surface area contributed by atoms with E-state index in [4.69, 9.17) is 4.52 Å². The predicted octanol–water partition coefficient (Wildman–Crippen LogP) is 0.199. The number of rotatable bonds is 3. The fourth-order valence-electron chi connectivity index (χ4n) is 1.06. The van der Waals surface area contributed by atoms with Gasteiger partial charge in [-0.05, 0) is 12.8 Å². The summed E-state index contributed by atoms with van der Waals surface area (Å²) in [5, 5.41) is 6.49. The Labute approximate surface area is 75.5 Å². The normalized spacial score (nSPS) is 15.8. The summed E-state index contributed by atoms with van der Waals surface area (Å²) < 4.78 is 4.74. The van der Waals surface area contributed by atoms with Gasteiger partial charge in [-0.3, -0.25) is 4.79 Å². The number of hydrogen-bond donors (Lipinski definition) is 1. The minimum absolute atomic E-state index is 0.0247. The number of carbonyl (C=O) groups is 1. The van der Waals surface area contributed by atoms with Crippen LogP contribution in [0.3, 0.4) is 0 Å². The molecule has 0 atom stereocenters. The van der Waals surface area contributed by atoms with Crippen LogP contribution in [0.2, 0.25) is 0 Å². The Morgan fingerprint density at radius 3 is 3.00 bits per heavy atom. The van der Waals surface area contributed by atoms with Crippen molar-refractivity contribution in [2.24, 2.45) is 0 Å². The summed E-state index contributed by atoms with van der Waals surface area (Å²) in [5.41, 5.74) is 0. The first kappa shape index (κ1) is 8.22. The molecule has 1 heterocycles. The number of amides is 1. The third-order valence-corrected chi connectivity index (χ3v) is 1.83. The van der Waals surface area contributed by atoms with Gasteiger partial charge in [0.05, 0.1) is 6.42 Å². The van der Waals surface area contributed by atoms with Gasteiger partial charge >= 0.3 is 0 Å². The highest BCUT2D eigenvalue weighted by Crippen LogP contribution is 2.18. The Kier molecular flexibility index (Phi) is 2.00. The number of aromatic nitrogens is 2. The molecule has 1 aromatic rings. The first-order valence-electron chi connectivity index (χ1n) is 4.32. The zero-order valence-corrected chi connectivity index (χ0v) is 7.41. The van der Waals surface area contributed by atoms with Crippen molar-refractivity contribution < 1.29 is 9.32 Å². The number of nitrogens with one attached hydrogen (secondary N) is 1. The number of carbonyl (C=O) groups excluding carboxylic acids is 1. The van der Waals surface area contributed by atoms with Gasteiger partial charge < -0.3 is 9.84 Å². The summed E-state index contributed by atoms with van der Waals surface area (Å²) >= 11 is 0. The van der Waals surface area contributed by atoms with Crippen LogP contribution in [0.5, 0.6) is 0 Å². The van der Waals surface area contributed by atoms with E-state index < -0.39 is 0 Å². The summed E-state index contributed by atoms with van der Waals surface area (Å²) in [7, 11) is 0. The smallest absolute Gasteiger partial charge is 0.228 e. The largest absolute Gasteiger partial charge is 0.353 e. The van der Waals surface area contributed by atoms with Gasteiger partial charge in [-0.15, -0.1) is 0 Å². The lowest BCUT2D eigenvalue weighted by molar-refractivity contribution is -0.120. The predicted molar refractivity (Wildman–Crippen MR) is 43.9 cm³/mol. The monoisotopic (exact) mass is 181 g/mol. The molecule has 0 bridgehead atoms. The van der Waals surface area contributed by atoms with Gasteiger partial charge in [0.25, 0.3) is 0 Å². The molecule has 1 aliphatic carbocycles. The number of aryl methyl sites for hydroxylation is 1. The standard InChI is InChI=1S/C8H11N3O2/c1-5-9-7(11-13-5)4-8(12)10-6-2-3-6/h6H,2-4H2,1H3,(H,10,12). The summed E-state index contributed by atoms with van der Waals surface area (Å²) in [5.74, 6) is 0.924. The Hall–Kier alpha value is -1.39. The molecule has 1 N–H and O–H groups in total. The van der Waals surface area contributed by atoms with Crippen molar-refractivity contribution in [1.29, 1.82) is 0 Å². The second-order valence-corrected chi connectivity index (χ2v) is 3.25. The quantitative estimate of drug-likeness (QED) is 0.723. The molecule has 2 rings (SSSR count). The van der Waals surface area contributed by atoms with Crippen LogP contribution >= 0.6 is 0 Å². The fourth-order valence-corrected chi connectivity index (χ4v) is 1.06. The molecule has 1 aromatic heterocycles. The SMILES string of the molecule is Cc1nc(CC(=O)NC2CC2)no1. The van der Waals surface area contributed by atoms with Gasteiger partial charge in [0.15, 0.2) is 5.82 Å². The summed E-state index contributed by atoms with van der Waals surface area (Å²) in [6, 6.07) is 0.389. The molecule has 70 valence electrons. The highest BCUT2D eigenvalue weighted by Gasteiger charge is 2.23. The van der Waals surface area contributed by atoms with Gasteiger partial charge in [-0.1, -0.05) is 5.16 Å². The third-order valence-electron chi connectivity index (χ3n) is 1.83.